The maximum Gasteiger partial charge on any atom is 0.411 e. The van der Waals surface area contributed by atoms with Gasteiger partial charge >= 0.3 is 6.09 Å². The highest BCUT2D eigenvalue weighted by molar-refractivity contribution is 7.82. The normalized spacial score (nSPS) is 14.4. The molecule has 45 heavy (non-hydrogen) atoms. The Hall–Kier alpha value is -5.22. The van der Waals surface area contributed by atoms with Crippen LogP contribution in [0.4, 0.5) is 10.5 Å². The second-order valence-electron chi connectivity index (χ2n) is 10.4. The lowest BCUT2D eigenvalue weighted by atomic mass is 9.93. The molecule has 0 bridgehead atoms. The highest BCUT2D eigenvalue weighted by Crippen LogP contribution is 2.27. The van der Waals surface area contributed by atoms with E-state index in [1.165, 1.54) is 4.90 Å². The lowest BCUT2D eigenvalue weighted by Crippen LogP contribution is -2.54. The molecule has 0 fully saturated rings. The average Bonchev–Trinajstić information content (AvgIpc) is 3.09. The number of rotatable bonds is 10. The second-order valence-corrected chi connectivity index (χ2v) is 10.9. The van der Waals surface area contributed by atoms with E-state index >= 15 is 0 Å². The number of carbonyl (C=O) groups is 3. The first-order chi connectivity index (χ1) is 21.9. The molecule has 2 atom stereocenters. The zero-order valence-electron chi connectivity index (χ0n) is 24.9. The first-order valence-corrected chi connectivity index (χ1v) is 14.7. The SMILES string of the molecule is COc1ccc(NC(=O)C(=S)C(NC(=O)[C@@H]2Cc3ccccc3CN2C(=O)OCc2ccccc2)c2ccc(OC)cc2)cc1. The number of nitrogens with one attached hydrogen (secondary N) is 2. The molecule has 1 unspecified atom stereocenters. The van der Waals surface area contributed by atoms with E-state index in [1.54, 1.807) is 62.8 Å². The van der Waals surface area contributed by atoms with E-state index in [-0.39, 0.29) is 24.4 Å². The Morgan fingerprint density at radius 2 is 1.42 bits per heavy atom. The summed E-state index contributed by atoms with van der Waals surface area (Å²) in [6.07, 6.45) is -0.350. The van der Waals surface area contributed by atoms with Crippen molar-refractivity contribution in [1.29, 1.82) is 0 Å². The topological polar surface area (TPSA) is 106 Å². The van der Waals surface area contributed by atoms with Gasteiger partial charge < -0.3 is 24.8 Å². The predicted octanol–water partition coefficient (Wildman–Crippen LogP) is 5.63. The predicted molar refractivity (Wildman–Crippen MR) is 174 cm³/mol. The second kappa shape index (κ2) is 14.5. The molecule has 0 saturated carbocycles. The van der Waals surface area contributed by atoms with Gasteiger partial charge in [0, 0.05) is 12.1 Å². The van der Waals surface area contributed by atoms with E-state index < -0.39 is 30.0 Å². The van der Waals surface area contributed by atoms with E-state index in [2.05, 4.69) is 10.6 Å². The summed E-state index contributed by atoms with van der Waals surface area (Å²) in [5.74, 6) is 0.222. The molecule has 5 rings (SSSR count). The van der Waals surface area contributed by atoms with E-state index in [0.717, 1.165) is 16.7 Å². The van der Waals surface area contributed by atoms with Crippen LogP contribution in [0.1, 0.15) is 28.3 Å². The van der Waals surface area contributed by atoms with Crippen LogP contribution in [0.3, 0.4) is 0 Å². The van der Waals surface area contributed by atoms with Crippen molar-refractivity contribution < 1.29 is 28.6 Å². The third kappa shape index (κ3) is 7.66. The summed E-state index contributed by atoms with van der Waals surface area (Å²) >= 11 is 5.66. The average molecular weight is 624 g/mol. The minimum atomic E-state index is -0.976. The Morgan fingerprint density at radius 3 is 2.07 bits per heavy atom. The number of hydrogen-bond donors (Lipinski definition) is 2. The first-order valence-electron chi connectivity index (χ1n) is 14.3. The summed E-state index contributed by atoms with van der Waals surface area (Å²) < 4.78 is 16.1. The van der Waals surface area contributed by atoms with Crippen molar-refractivity contribution in [2.45, 2.75) is 31.7 Å². The number of carbonyl (C=O) groups excluding carboxylic acids is 3. The molecular weight excluding hydrogens is 590 g/mol. The van der Waals surface area contributed by atoms with Gasteiger partial charge in [0.25, 0.3) is 5.91 Å². The third-order valence-corrected chi connectivity index (χ3v) is 7.98. The van der Waals surface area contributed by atoms with Gasteiger partial charge in [-0.15, -0.1) is 0 Å². The molecular formula is C35H33N3O6S. The number of nitrogens with zero attached hydrogens (tertiary/aromatic N) is 1. The van der Waals surface area contributed by atoms with Crippen molar-refractivity contribution in [3.05, 3.63) is 125 Å². The molecule has 0 aliphatic carbocycles. The van der Waals surface area contributed by atoms with Crippen molar-refractivity contribution in [3.63, 3.8) is 0 Å². The quantitative estimate of drug-likeness (QED) is 0.221. The van der Waals surface area contributed by atoms with E-state index in [9.17, 15) is 14.4 Å². The Kier molecular flexibility index (Phi) is 10.1. The molecule has 3 amide bonds. The number of methoxy groups -OCH3 is 2. The highest BCUT2D eigenvalue weighted by atomic mass is 32.1. The Morgan fingerprint density at radius 1 is 0.822 bits per heavy atom. The maximum atomic E-state index is 14.1. The number of hydrogen-bond acceptors (Lipinski definition) is 7. The number of ether oxygens (including phenoxy) is 3. The van der Waals surface area contributed by atoms with Crippen LogP contribution in [0.25, 0.3) is 0 Å². The zero-order chi connectivity index (χ0) is 31.8. The molecule has 9 nitrogen and oxygen atoms in total. The Balaban J connectivity index is 1.39. The zero-order valence-corrected chi connectivity index (χ0v) is 25.7. The molecule has 0 saturated heterocycles. The van der Waals surface area contributed by atoms with Crippen LogP contribution in [-0.2, 0) is 33.9 Å². The van der Waals surface area contributed by atoms with Crippen LogP contribution in [-0.4, -0.2) is 47.9 Å². The number of thiocarbonyl (C=S) groups is 1. The lowest BCUT2D eigenvalue weighted by Gasteiger charge is -2.36. The number of benzene rings is 4. The van der Waals surface area contributed by atoms with Crippen LogP contribution >= 0.6 is 12.2 Å². The lowest BCUT2D eigenvalue weighted by molar-refractivity contribution is -0.127. The number of amides is 3. The minimum Gasteiger partial charge on any atom is -0.497 e. The Bertz CT molecular complexity index is 1660. The van der Waals surface area contributed by atoms with Crippen LogP contribution in [0.2, 0.25) is 0 Å². The highest BCUT2D eigenvalue weighted by Gasteiger charge is 2.37. The van der Waals surface area contributed by atoms with E-state index in [0.29, 0.717) is 22.7 Å². The van der Waals surface area contributed by atoms with E-state index in [1.807, 2.05) is 54.6 Å². The van der Waals surface area contributed by atoms with Crippen molar-refractivity contribution >= 4 is 40.7 Å². The van der Waals surface area contributed by atoms with Gasteiger partial charge in [-0.3, -0.25) is 14.5 Å². The van der Waals surface area contributed by atoms with Gasteiger partial charge in [0.05, 0.1) is 26.8 Å². The fourth-order valence-corrected chi connectivity index (χ4v) is 5.33. The van der Waals surface area contributed by atoms with Gasteiger partial charge in [0.15, 0.2) is 0 Å². The molecule has 0 spiro atoms. The van der Waals surface area contributed by atoms with Crippen LogP contribution in [0.15, 0.2) is 103 Å². The number of anilines is 1. The summed E-state index contributed by atoms with van der Waals surface area (Å²) in [7, 11) is 3.10. The van der Waals surface area contributed by atoms with Crippen LogP contribution < -0.4 is 20.1 Å². The van der Waals surface area contributed by atoms with Crippen molar-refractivity contribution in [1.82, 2.24) is 10.2 Å². The van der Waals surface area contributed by atoms with Crippen molar-refractivity contribution in [2.24, 2.45) is 0 Å². The fraction of sp³-hybridized carbons (Fsp3) is 0.200. The summed E-state index contributed by atoms with van der Waals surface area (Å²) in [4.78, 5) is 42.2. The standard InChI is InChI=1S/C35H33N3O6S/c1-42-28-16-12-24(13-17-28)31(32(45)34(40)36-27-14-18-29(43-2)19-15-27)37-33(39)30-20-25-10-6-7-11-26(25)21-38(30)35(41)44-22-23-8-4-3-5-9-23/h3-19,30-31H,20-22H2,1-2H3,(H,36,40)(H,37,39)/t30-,31?/m0/s1. The molecule has 2 N–H and O–H groups in total. The maximum absolute atomic E-state index is 14.1. The third-order valence-electron chi connectivity index (χ3n) is 7.56. The fourth-order valence-electron chi connectivity index (χ4n) is 5.08. The van der Waals surface area contributed by atoms with Crippen molar-refractivity contribution in [2.75, 3.05) is 19.5 Å². The number of fused-ring (bicyclic) bond motifs is 1. The van der Waals surface area contributed by atoms with Gasteiger partial charge in [-0.2, -0.15) is 0 Å². The molecule has 10 heteroatoms. The van der Waals surface area contributed by atoms with Gasteiger partial charge in [-0.25, -0.2) is 4.79 Å². The molecule has 1 aliphatic heterocycles. The summed E-state index contributed by atoms with van der Waals surface area (Å²) in [6.45, 7) is 0.258. The van der Waals surface area contributed by atoms with Gasteiger partial charge in [0.1, 0.15) is 29.0 Å². The monoisotopic (exact) mass is 623 g/mol. The first kappa shape index (κ1) is 31.2. The molecule has 0 aromatic heterocycles. The minimum absolute atomic E-state index is 0.0567. The Labute approximate surface area is 267 Å². The van der Waals surface area contributed by atoms with Gasteiger partial charge in [-0.1, -0.05) is 78.9 Å². The molecule has 0 radical (unpaired) electrons. The molecule has 230 valence electrons. The molecule has 1 heterocycles. The van der Waals surface area contributed by atoms with Crippen LogP contribution in [0, 0.1) is 0 Å². The van der Waals surface area contributed by atoms with Crippen LogP contribution in [0.5, 0.6) is 11.5 Å². The largest absolute Gasteiger partial charge is 0.497 e. The smallest absolute Gasteiger partial charge is 0.411 e. The summed E-state index contributed by atoms with van der Waals surface area (Å²) in [5, 5.41) is 5.76. The summed E-state index contributed by atoms with van der Waals surface area (Å²) in [6, 6.07) is 28.9. The summed E-state index contributed by atoms with van der Waals surface area (Å²) in [5.41, 5.74) is 3.80. The van der Waals surface area contributed by atoms with E-state index in [4.69, 9.17) is 26.4 Å². The van der Waals surface area contributed by atoms with Gasteiger partial charge in [-0.05, 0) is 58.7 Å². The molecule has 4 aromatic carbocycles. The van der Waals surface area contributed by atoms with Gasteiger partial charge in [0.2, 0.25) is 5.91 Å². The molecule has 1 aliphatic rings. The van der Waals surface area contributed by atoms with Crippen molar-refractivity contribution in [3.8, 4) is 11.5 Å². The molecule has 4 aromatic rings.